The van der Waals surface area contributed by atoms with Crippen LogP contribution in [0.4, 0.5) is 5.69 Å². The summed E-state index contributed by atoms with van der Waals surface area (Å²) in [6.45, 7) is 2.84. The largest absolute Gasteiger partial charge is 0.493 e. The fourth-order valence-electron chi connectivity index (χ4n) is 2.15. The zero-order valence-electron chi connectivity index (χ0n) is 12.6. The highest BCUT2D eigenvalue weighted by atomic mass is 16.5. The van der Waals surface area contributed by atoms with E-state index in [1.54, 1.807) is 29.2 Å². The lowest BCUT2D eigenvalue weighted by Crippen LogP contribution is -2.30. The molecule has 0 aliphatic heterocycles. The first-order valence-corrected chi connectivity index (χ1v) is 7.29. The van der Waals surface area contributed by atoms with Gasteiger partial charge in [-0.05, 0) is 37.3 Å². The molecule has 22 heavy (non-hydrogen) atoms. The first-order valence-electron chi connectivity index (χ1n) is 7.29. The minimum absolute atomic E-state index is 0.0745. The van der Waals surface area contributed by atoms with Gasteiger partial charge in [0.15, 0.2) is 0 Å². The Balaban J connectivity index is 2.17. The summed E-state index contributed by atoms with van der Waals surface area (Å²) in [5, 5.41) is 0. The van der Waals surface area contributed by atoms with E-state index < -0.39 is 0 Å². The summed E-state index contributed by atoms with van der Waals surface area (Å²) >= 11 is 0. The molecule has 0 heterocycles. The van der Waals surface area contributed by atoms with E-state index in [-0.39, 0.29) is 5.91 Å². The number of anilines is 1. The van der Waals surface area contributed by atoms with Gasteiger partial charge < -0.3 is 14.4 Å². The molecule has 0 atom stereocenters. The average molecular weight is 297 g/mol. The molecule has 2 aromatic carbocycles. The van der Waals surface area contributed by atoms with Crippen LogP contribution < -0.4 is 9.64 Å². The van der Waals surface area contributed by atoms with E-state index in [0.717, 1.165) is 12.0 Å². The predicted octanol–water partition coefficient (Wildman–Crippen LogP) is 3.32. The van der Waals surface area contributed by atoms with Crippen molar-refractivity contribution < 1.29 is 14.3 Å². The number of nitrogens with zero attached hydrogens (tertiary/aromatic N) is 1. The molecular formula is C18H19NO3. The van der Waals surface area contributed by atoms with Gasteiger partial charge in [0.05, 0.1) is 6.61 Å². The Hall–Kier alpha value is -2.62. The molecule has 0 radical (unpaired) electrons. The SMILES string of the molecule is CCN(C(=O)c1cccc(OCCC=O)c1)c1ccccc1. The zero-order chi connectivity index (χ0) is 15.8. The van der Waals surface area contributed by atoms with Crippen molar-refractivity contribution in [2.45, 2.75) is 13.3 Å². The number of carbonyl (C=O) groups is 2. The molecule has 0 spiro atoms. The van der Waals surface area contributed by atoms with Crippen LogP contribution in [-0.4, -0.2) is 25.3 Å². The van der Waals surface area contributed by atoms with Crippen LogP contribution in [0.1, 0.15) is 23.7 Å². The normalized spacial score (nSPS) is 10.0. The molecule has 2 rings (SSSR count). The summed E-state index contributed by atoms with van der Waals surface area (Å²) in [6.07, 6.45) is 1.15. The molecule has 114 valence electrons. The highest BCUT2D eigenvalue weighted by Crippen LogP contribution is 2.19. The molecule has 0 saturated heterocycles. The maximum absolute atomic E-state index is 12.7. The van der Waals surface area contributed by atoms with Crippen molar-refractivity contribution in [3.63, 3.8) is 0 Å². The van der Waals surface area contributed by atoms with Crippen LogP contribution >= 0.6 is 0 Å². The van der Waals surface area contributed by atoms with Crippen molar-refractivity contribution in [1.29, 1.82) is 0 Å². The molecule has 0 aliphatic rings. The van der Waals surface area contributed by atoms with E-state index in [0.29, 0.717) is 30.9 Å². The van der Waals surface area contributed by atoms with Crippen molar-refractivity contribution in [1.82, 2.24) is 0 Å². The number of benzene rings is 2. The van der Waals surface area contributed by atoms with Gasteiger partial charge in [-0.1, -0.05) is 24.3 Å². The Morgan fingerprint density at radius 2 is 1.91 bits per heavy atom. The van der Waals surface area contributed by atoms with E-state index in [2.05, 4.69) is 0 Å². The number of ether oxygens (including phenoxy) is 1. The summed E-state index contributed by atoms with van der Waals surface area (Å²) < 4.78 is 5.45. The fourth-order valence-corrected chi connectivity index (χ4v) is 2.15. The summed E-state index contributed by atoms with van der Waals surface area (Å²) in [5.41, 5.74) is 1.43. The summed E-state index contributed by atoms with van der Waals surface area (Å²) in [6, 6.07) is 16.6. The summed E-state index contributed by atoms with van der Waals surface area (Å²) in [5.74, 6) is 0.520. The Bertz CT molecular complexity index is 625. The molecule has 0 bridgehead atoms. The average Bonchev–Trinajstić information content (AvgIpc) is 2.57. The van der Waals surface area contributed by atoms with Gasteiger partial charge in [0.25, 0.3) is 5.91 Å². The van der Waals surface area contributed by atoms with Gasteiger partial charge >= 0.3 is 0 Å². The van der Waals surface area contributed by atoms with Gasteiger partial charge in [-0.2, -0.15) is 0 Å². The third-order valence-electron chi connectivity index (χ3n) is 3.21. The number of rotatable bonds is 7. The zero-order valence-corrected chi connectivity index (χ0v) is 12.6. The topological polar surface area (TPSA) is 46.6 Å². The predicted molar refractivity (Wildman–Crippen MR) is 86.4 cm³/mol. The molecule has 0 saturated carbocycles. The number of amides is 1. The Kier molecular flexibility index (Phi) is 5.72. The highest BCUT2D eigenvalue weighted by molar-refractivity contribution is 6.06. The van der Waals surface area contributed by atoms with E-state index in [1.807, 2.05) is 37.3 Å². The second-order valence-electron chi connectivity index (χ2n) is 4.72. The first-order chi connectivity index (χ1) is 10.8. The van der Waals surface area contributed by atoms with E-state index in [4.69, 9.17) is 4.74 Å². The van der Waals surface area contributed by atoms with Gasteiger partial charge in [0.1, 0.15) is 12.0 Å². The van der Waals surface area contributed by atoms with Crippen LogP contribution in [0, 0.1) is 0 Å². The van der Waals surface area contributed by atoms with Crippen LogP contribution in [-0.2, 0) is 4.79 Å². The summed E-state index contributed by atoms with van der Waals surface area (Å²) in [7, 11) is 0. The van der Waals surface area contributed by atoms with Crippen LogP contribution in [0.25, 0.3) is 0 Å². The van der Waals surface area contributed by atoms with Crippen molar-refractivity contribution in [3.05, 3.63) is 60.2 Å². The third kappa shape index (κ3) is 3.95. The van der Waals surface area contributed by atoms with Crippen molar-refractivity contribution in [2.75, 3.05) is 18.1 Å². The van der Waals surface area contributed by atoms with E-state index in [9.17, 15) is 9.59 Å². The Morgan fingerprint density at radius 3 is 2.59 bits per heavy atom. The number of para-hydroxylation sites is 1. The van der Waals surface area contributed by atoms with Gasteiger partial charge in [0.2, 0.25) is 0 Å². The Morgan fingerprint density at radius 1 is 1.14 bits per heavy atom. The lowest BCUT2D eigenvalue weighted by Gasteiger charge is -2.21. The summed E-state index contributed by atoms with van der Waals surface area (Å²) in [4.78, 5) is 24.7. The molecular weight excluding hydrogens is 278 g/mol. The van der Waals surface area contributed by atoms with Gasteiger partial charge in [-0.25, -0.2) is 0 Å². The monoisotopic (exact) mass is 297 g/mol. The maximum atomic E-state index is 12.7. The quantitative estimate of drug-likeness (QED) is 0.582. The maximum Gasteiger partial charge on any atom is 0.258 e. The number of aldehydes is 1. The van der Waals surface area contributed by atoms with Crippen LogP contribution in [0.15, 0.2) is 54.6 Å². The fraction of sp³-hybridized carbons (Fsp3) is 0.222. The minimum atomic E-state index is -0.0745. The van der Waals surface area contributed by atoms with Crippen LogP contribution in [0.2, 0.25) is 0 Å². The minimum Gasteiger partial charge on any atom is -0.493 e. The first kappa shape index (κ1) is 15.8. The van der Waals surface area contributed by atoms with E-state index >= 15 is 0 Å². The molecule has 4 heteroatoms. The molecule has 0 fully saturated rings. The van der Waals surface area contributed by atoms with Gasteiger partial charge in [0, 0.05) is 24.2 Å². The third-order valence-corrected chi connectivity index (χ3v) is 3.21. The lowest BCUT2D eigenvalue weighted by atomic mass is 10.1. The molecule has 0 unspecified atom stereocenters. The standard InChI is InChI=1S/C18H19NO3/c1-2-19(16-9-4-3-5-10-16)18(21)15-8-6-11-17(14-15)22-13-7-12-20/h3-6,8-12,14H,2,7,13H2,1H3. The van der Waals surface area contributed by atoms with Gasteiger partial charge in [-0.3, -0.25) is 4.79 Å². The van der Waals surface area contributed by atoms with Crippen LogP contribution in [0.3, 0.4) is 0 Å². The number of carbonyl (C=O) groups excluding carboxylic acids is 2. The van der Waals surface area contributed by atoms with E-state index in [1.165, 1.54) is 0 Å². The molecule has 0 aromatic heterocycles. The molecule has 0 N–H and O–H groups in total. The molecule has 1 amide bonds. The van der Waals surface area contributed by atoms with Crippen molar-refractivity contribution >= 4 is 17.9 Å². The Labute approximate surface area is 130 Å². The smallest absolute Gasteiger partial charge is 0.258 e. The van der Waals surface area contributed by atoms with Crippen molar-refractivity contribution in [3.8, 4) is 5.75 Å². The molecule has 0 aliphatic carbocycles. The van der Waals surface area contributed by atoms with Gasteiger partial charge in [-0.15, -0.1) is 0 Å². The second-order valence-corrected chi connectivity index (χ2v) is 4.72. The molecule has 2 aromatic rings. The number of hydrogen-bond donors (Lipinski definition) is 0. The molecule has 4 nitrogen and oxygen atoms in total. The van der Waals surface area contributed by atoms with Crippen molar-refractivity contribution in [2.24, 2.45) is 0 Å². The number of hydrogen-bond acceptors (Lipinski definition) is 3. The second kappa shape index (κ2) is 7.98. The van der Waals surface area contributed by atoms with Crippen LogP contribution in [0.5, 0.6) is 5.75 Å². The lowest BCUT2D eigenvalue weighted by molar-refractivity contribution is -0.108. The highest BCUT2D eigenvalue weighted by Gasteiger charge is 2.16.